The molecule has 0 aromatic carbocycles. The summed E-state index contributed by atoms with van der Waals surface area (Å²) in [6.07, 6.45) is 4.47. The molecule has 2 fully saturated rings. The van der Waals surface area contributed by atoms with Crippen LogP contribution >= 0.6 is 0 Å². The molecule has 0 aliphatic heterocycles. The predicted octanol–water partition coefficient (Wildman–Crippen LogP) is 3.14. The number of amides is 1. The molecule has 1 amide bonds. The van der Waals surface area contributed by atoms with Crippen LogP contribution in [0, 0.1) is 0 Å². The van der Waals surface area contributed by atoms with Crippen LogP contribution in [-0.4, -0.2) is 27.5 Å². The number of hydrogen-bond acceptors (Lipinski definition) is 4. The molecule has 0 spiro atoms. The number of hydrogen-bond donors (Lipinski definition) is 2. The van der Waals surface area contributed by atoms with E-state index in [-0.39, 0.29) is 23.3 Å². The summed E-state index contributed by atoms with van der Waals surface area (Å²) in [5.74, 6) is 1.01. The standard InChI is InChI=1S/C17H28N4O2/c1-16(2,3)21-14(18)10-13(20-21)11-5-6-12(9-11)23-15(22)19-17(4)7-8-17/h10-12H,5-9,18H2,1-4H3,(H,19,22)/t11-,12+/m0/s1. The summed E-state index contributed by atoms with van der Waals surface area (Å²) in [4.78, 5) is 11.9. The second kappa shape index (κ2) is 5.42. The van der Waals surface area contributed by atoms with Crippen molar-refractivity contribution in [3.8, 4) is 0 Å². The number of nitrogens with one attached hydrogen (secondary N) is 1. The Bertz CT molecular complexity index is 598. The summed E-state index contributed by atoms with van der Waals surface area (Å²) in [7, 11) is 0. The first kappa shape index (κ1) is 16.1. The molecular formula is C17H28N4O2. The highest BCUT2D eigenvalue weighted by molar-refractivity contribution is 5.69. The van der Waals surface area contributed by atoms with E-state index in [0.29, 0.717) is 11.7 Å². The zero-order chi connectivity index (χ0) is 16.8. The number of carbonyl (C=O) groups excluding carboxylic acids is 1. The van der Waals surface area contributed by atoms with Crippen molar-refractivity contribution in [1.82, 2.24) is 15.1 Å². The lowest BCUT2D eigenvalue weighted by Crippen LogP contribution is -2.36. The Morgan fingerprint density at radius 2 is 2.13 bits per heavy atom. The number of alkyl carbamates (subject to hydrolysis) is 1. The second-order valence-corrected chi connectivity index (χ2v) is 8.30. The van der Waals surface area contributed by atoms with Crippen molar-refractivity contribution in [1.29, 1.82) is 0 Å². The van der Waals surface area contributed by atoms with E-state index >= 15 is 0 Å². The van der Waals surface area contributed by atoms with E-state index in [0.717, 1.165) is 37.8 Å². The molecule has 2 aliphatic rings. The average Bonchev–Trinajstić information content (AvgIpc) is 2.86. The van der Waals surface area contributed by atoms with Gasteiger partial charge in [0.25, 0.3) is 0 Å². The minimum atomic E-state index is -0.282. The fraction of sp³-hybridized carbons (Fsp3) is 0.765. The molecule has 0 saturated heterocycles. The normalized spacial score (nSPS) is 26.1. The Morgan fingerprint density at radius 3 is 2.70 bits per heavy atom. The van der Waals surface area contributed by atoms with Gasteiger partial charge in [0.15, 0.2) is 0 Å². The molecular weight excluding hydrogens is 292 g/mol. The molecule has 0 bridgehead atoms. The molecule has 6 heteroatoms. The molecule has 23 heavy (non-hydrogen) atoms. The molecule has 3 rings (SSSR count). The van der Waals surface area contributed by atoms with Crippen LogP contribution in [0.2, 0.25) is 0 Å². The van der Waals surface area contributed by atoms with Crippen molar-refractivity contribution in [2.45, 2.75) is 82.9 Å². The van der Waals surface area contributed by atoms with Gasteiger partial charge >= 0.3 is 6.09 Å². The van der Waals surface area contributed by atoms with E-state index in [4.69, 9.17) is 10.5 Å². The molecule has 0 radical (unpaired) electrons. The number of nitrogen functional groups attached to an aromatic ring is 1. The highest BCUT2D eigenvalue weighted by Gasteiger charge is 2.40. The maximum absolute atomic E-state index is 11.9. The van der Waals surface area contributed by atoms with Crippen LogP contribution in [0.3, 0.4) is 0 Å². The molecule has 1 aromatic rings. The Hall–Kier alpha value is -1.72. The van der Waals surface area contributed by atoms with Gasteiger partial charge in [-0.15, -0.1) is 0 Å². The third-order valence-electron chi connectivity index (χ3n) is 4.87. The van der Waals surface area contributed by atoms with E-state index in [1.54, 1.807) is 0 Å². The Labute approximate surface area is 137 Å². The summed E-state index contributed by atoms with van der Waals surface area (Å²) in [6.45, 7) is 8.31. The van der Waals surface area contributed by atoms with Gasteiger partial charge in [-0.1, -0.05) is 0 Å². The Morgan fingerprint density at radius 1 is 1.43 bits per heavy atom. The third-order valence-corrected chi connectivity index (χ3v) is 4.87. The van der Waals surface area contributed by atoms with Crippen molar-refractivity contribution in [2.24, 2.45) is 0 Å². The van der Waals surface area contributed by atoms with Gasteiger partial charge in [0, 0.05) is 17.5 Å². The van der Waals surface area contributed by atoms with Gasteiger partial charge in [-0.3, -0.25) is 0 Å². The molecule has 128 valence electrons. The van der Waals surface area contributed by atoms with E-state index in [1.807, 2.05) is 17.7 Å². The molecule has 2 atom stereocenters. The molecule has 3 N–H and O–H groups in total. The van der Waals surface area contributed by atoms with Gasteiger partial charge in [0.2, 0.25) is 0 Å². The highest BCUT2D eigenvalue weighted by Crippen LogP contribution is 2.38. The molecule has 1 heterocycles. The molecule has 2 saturated carbocycles. The highest BCUT2D eigenvalue weighted by atomic mass is 16.6. The van der Waals surface area contributed by atoms with Crippen molar-refractivity contribution < 1.29 is 9.53 Å². The number of carbonyl (C=O) groups is 1. The number of nitrogens with two attached hydrogens (primary N) is 1. The lowest BCUT2D eigenvalue weighted by Gasteiger charge is -2.20. The number of aromatic nitrogens is 2. The van der Waals surface area contributed by atoms with Crippen molar-refractivity contribution in [2.75, 3.05) is 5.73 Å². The fourth-order valence-electron chi connectivity index (χ4n) is 3.21. The van der Waals surface area contributed by atoms with Crippen LogP contribution in [-0.2, 0) is 10.3 Å². The van der Waals surface area contributed by atoms with Crippen LogP contribution in [0.1, 0.15) is 71.4 Å². The number of nitrogens with zero attached hydrogens (tertiary/aromatic N) is 2. The van der Waals surface area contributed by atoms with Crippen molar-refractivity contribution in [3.05, 3.63) is 11.8 Å². The maximum Gasteiger partial charge on any atom is 0.407 e. The third kappa shape index (κ3) is 3.62. The minimum Gasteiger partial charge on any atom is -0.446 e. The topological polar surface area (TPSA) is 82.2 Å². The Kier molecular flexibility index (Phi) is 3.81. The van der Waals surface area contributed by atoms with Gasteiger partial charge < -0.3 is 15.8 Å². The predicted molar refractivity (Wildman–Crippen MR) is 89.3 cm³/mol. The van der Waals surface area contributed by atoms with E-state index < -0.39 is 0 Å². The van der Waals surface area contributed by atoms with E-state index in [9.17, 15) is 4.79 Å². The van der Waals surface area contributed by atoms with Gasteiger partial charge in [-0.05, 0) is 59.8 Å². The summed E-state index contributed by atoms with van der Waals surface area (Å²) >= 11 is 0. The minimum absolute atomic E-state index is 0.0247. The monoisotopic (exact) mass is 320 g/mol. The van der Waals surface area contributed by atoms with Crippen LogP contribution in [0.25, 0.3) is 0 Å². The summed E-state index contributed by atoms with van der Waals surface area (Å²) in [5, 5.41) is 7.63. The van der Waals surface area contributed by atoms with Crippen LogP contribution in [0.4, 0.5) is 10.6 Å². The van der Waals surface area contributed by atoms with E-state index in [2.05, 4.69) is 31.2 Å². The lowest BCUT2D eigenvalue weighted by atomic mass is 10.0. The zero-order valence-electron chi connectivity index (χ0n) is 14.6. The summed E-state index contributed by atoms with van der Waals surface area (Å²) < 4.78 is 7.44. The van der Waals surface area contributed by atoms with Crippen LogP contribution in [0.5, 0.6) is 0 Å². The maximum atomic E-state index is 11.9. The van der Waals surface area contributed by atoms with Crippen LogP contribution < -0.4 is 11.1 Å². The van der Waals surface area contributed by atoms with Gasteiger partial charge in [0.1, 0.15) is 11.9 Å². The summed E-state index contributed by atoms with van der Waals surface area (Å²) in [6, 6.07) is 1.96. The average molecular weight is 320 g/mol. The van der Waals surface area contributed by atoms with E-state index in [1.165, 1.54) is 0 Å². The fourth-order valence-corrected chi connectivity index (χ4v) is 3.21. The number of anilines is 1. The first-order chi connectivity index (χ1) is 10.7. The first-order valence-corrected chi connectivity index (χ1v) is 8.51. The molecule has 1 aromatic heterocycles. The molecule has 0 unspecified atom stereocenters. The number of ether oxygens (including phenoxy) is 1. The SMILES string of the molecule is CC1(NC(=O)O[C@@H]2CC[C@H](c3cc(N)n(C(C)(C)C)n3)C2)CC1. The second-order valence-electron chi connectivity index (χ2n) is 8.30. The van der Waals surface area contributed by atoms with Gasteiger partial charge in [0.05, 0.1) is 11.2 Å². The largest absolute Gasteiger partial charge is 0.446 e. The van der Waals surface area contributed by atoms with Crippen molar-refractivity contribution in [3.63, 3.8) is 0 Å². The van der Waals surface area contributed by atoms with Gasteiger partial charge in [-0.25, -0.2) is 9.48 Å². The zero-order valence-corrected chi connectivity index (χ0v) is 14.6. The number of rotatable bonds is 3. The van der Waals surface area contributed by atoms with Crippen LogP contribution in [0.15, 0.2) is 6.07 Å². The van der Waals surface area contributed by atoms with Gasteiger partial charge in [-0.2, -0.15) is 5.10 Å². The smallest absolute Gasteiger partial charge is 0.407 e. The summed E-state index contributed by atoms with van der Waals surface area (Å²) in [5.41, 5.74) is 6.94. The molecule has 2 aliphatic carbocycles. The molecule has 6 nitrogen and oxygen atoms in total. The van der Waals surface area contributed by atoms with Crippen molar-refractivity contribution >= 4 is 11.9 Å². The Balaban J connectivity index is 1.58. The first-order valence-electron chi connectivity index (χ1n) is 8.51. The quantitative estimate of drug-likeness (QED) is 0.896. The lowest BCUT2D eigenvalue weighted by molar-refractivity contribution is 0.0967.